The number of carbonyl (C=O) groups excluding carboxylic acids is 1. The first-order chi connectivity index (χ1) is 11.7. The third-order valence-corrected chi connectivity index (χ3v) is 4.08. The molecule has 0 heterocycles. The molecule has 0 amide bonds. The molecule has 0 radical (unpaired) electrons. The monoisotopic (exact) mass is 326 g/mol. The summed E-state index contributed by atoms with van der Waals surface area (Å²) in [6.45, 7) is 2.79. The van der Waals surface area contributed by atoms with Crippen molar-refractivity contribution >= 4 is 5.97 Å². The van der Waals surface area contributed by atoms with Gasteiger partial charge in [-0.2, -0.15) is 0 Å². The molecular weight excluding hydrogens is 304 g/mol. The van der Waals surface area contributed by atoms with Crippen LogP contribution in [0.4, 0.5) is 0 Å². The summed E-state index contributed by atoms with van der Waals surface area (Å²) in [6.07, 6.45) is 1.64. The van der Waals surface area contributed by atoms with E-state index in [0.29, 0.717) is 13.2 Å². The van der Waals surface area contributed by atoms with E-state index in [9.17, 15) is 4.79 Å². The van der Waals surface area contributed by atoms with E-state index in [1.54, 1.807) is 0 Å². The van der Waals surface area contributed by atoms with Gasteiger partial charge in [-0.25, -0.2) is 0 Å². The summed E-state index contributed by atoms with van der Waals surface area (Å²) < 4.78 is 16.7. The fourth-order valence-corrected chi connectivity index (χ4v) is 2.69. The molecule has 0 saturated heterocycles. The number of hydrogen-bond acceptors (Lipinski definition) is 4. The van der Waals surface area contributed by atoms with E-state index in [4.69, 9.17) is 14.2 Å². The number of ether oxygens (including phenoxy) is 3. The fraction of sp³-hybridized carbons (Fsp3) is 0.350. The maximum absolute atomic E-state index is 11.6. The lowest BCUT2D eigenvalue weighted by atomic mass is 9.82. The van der Waals surface area contributed by atoms with Gasteiger partial charge >= 0.3 is 5.97 Å². The number of benzene rings is 2. The highest BCUT2D eigenvalue weighted by molar-refractivity contribution is 5.73. The van der Waals surface area contributed by atoms with Crippen molar-refractivity contribution in [3.05, 3.63) is 60.2 Å². The van der Waals surface area contributed by atoms with Gasteiger partial charge in [0, 0.05) is 0 Å². The second-order valence-corrected chi connectivity index (χ2v) is 5.92. The van der Waals surface area contributed by atoms with Crippen LogP contribution in [0.1, 0.15) is 25.3 Å². The van der Waals surface area contributed by atoms with Gasteiger partial charge in [-0.1, -0.05) is 30.3 Å². The highest BCUT2D eigenvalue weighted by Crippen LogP contribution is 2.32. The normalized spacial score (nSPS) is 19.4. The number of para-hydroxylation sites is 1. The second-order valence-electron chi connectivity index (χ2n) is 5.92. The minimum absolute atomic E-state index is 0.00250. The summed E-state index contributed by atoms with van der Waals surface area (Å²) in [4.78, 5) is 11.6. The Balaban J connectivity index is 1.47. The maximum Gasteiger partial charge on any atom is 0.309 e. The molecule has 3 rings (SSSR count). The van der Waals surface area contributed by atoms with Gasteiger partial charge in [-0.3, -0.25) is 4.79 Å². The first-order valence-corrected chi connectivity index (χ1v) is 8.34. The zero-order valence-corrected chi connectivity index (χ0v) is 13.8. The van der Waals surface area contributed by atoms with E-state index in [0.717, 1.165) is 29.9 Å². The highest BCUT2D eigenvalue weighted by Gasteiger charge is 2.36. The van der Waals surface area contributed by atoms with Gasteiger partial charge in [-0.15, -0.1) is 0 Å². The SMILES string of the molecule is CCOC(=O)C1CC(OCc2cccc(Oc3ccccc3)c2)C1. The fourth-order valence-electron chi connectivity index (χ4n) is 2.69. The van der Waals surface area contributed by atoms with Crippen LogP contribution in [0, 0.1) is 5.92 Å². The molecule has 24 heavy (non-hydrogen) atoms. The molecule has 126 valence electrons. The number of hydrogen-bond donors (Lipinski definition) is 0. The lowest BCUT2D eigenvalue weighted by molar-refractivity contribution is -0.157. The molecule has 1 saturated carbocycles. The van der Waals surface area contributed by atoms with Crippen molar-refractivity contribution in [2.45, 2.75) is 32.5 Å². The van der Waals surface area contributed by atoms with Crippen molar-refractivity contribution < 1.29 is 19.0 Å². The van der Waals surface area contributed by atoms with Gasteiger partial charge in [-0.05, 0) is 49.6 Å². The van der Waals surface area contributed by atoms with Gasteiger partial charge in [0.25, 0.3) is 0 Å². The van der Waals surface area contributed by atoms with Crippen molar-refractivity contribution in [2.75, 3.05) is 6.61 Å². The molecule has 1 aliphatic rings. The smallest absolute Gasteiger partial charge is 0.309 e. The van der Waals surface area contributed by atoms with Crippen LogP contribution in [0.15, 0.2) is 54.6 Å². The molecule has 0 aliphatic heterocycles. The van der Waals surface area contributed by atoms with Gasteiger partial charge < -0.3 is 14.2 Å². The molecule has 0 bridgehead atoms. The predicted molar refractivity (Wildman–Crippen MR) is 90.9 cm³/mol. The van der Waals surface area contributed by atoms with Crippen LogP contribution in [-0.2, 0) is 20.9 Å². The van der Waals surface area contributed by atoms with Crippen molar-refractivity contribution in [3.63, 3.8) is 0 Å². The van der Waals surface area contributed by atoms with E-state index in [-0.39, 0.29) is 18.0 Å². The molecule has 0 unspecified atom stereocenters. The standard InChI is InChI=1S/C20H22O4/c1-2-22-20(21)16-12-19(13-16)23-14-15-7-6-10-18(11-15)24-17-8-4-3-5-9-17/h3-11,16,19H,2,12-14H2,1H3. The molecule has 0 aromatic heterocycles. The van der Waals surface area contributed by atoms with Crippen molar-refractivity contribution in [3.8, 4) is 11.5 Å². The van der Waals surface area contributed by atoms with E-state index < -0.39 is 0 Å². The Hall–Kier alpha value is -2.33. The van der Waals surface area contributed by atoms with Gasteiger partial charge in [0.05, 0.1) is 25.2 Å². The maximum atomic E-state index is 11.6. The predicted octanol–water partition coefficient (Wildman–Crippen LogP) is 4.34. The molecule has 4 heteroatoms. The summed E-state index contributed by atoms with van der Waals surface area (Å²) in [7, 11) is 0. The Morgan fingerprint density at radius 3 is 2.54 bits per heavy atom. The molecule has 2 aromatic rings. The third kappa shape index (κ3) is 4.36. The van der Waals surface area contributed by atoms with Gasteiger partial charge in [0.1, 0.15) is 11.5 Å². The third-order valence-electron chi connectivity index (χ3n) is 4.08. The van der Waals surface area contributed by atoms with Gasteiger partial charge in [0.15, 0.2) is 0 Å². The van der Waals surface area contributed by atoms with E-state index in [1.807, 2.05) is 61.5 Å². The Kier molecular flexibility index (Phi) is 5.49. The van der Waals surface area contributed by atoms with Crippen LogP contribution in [0.2, 0.25) is 0 Å². The van der Waals surface area contributed by atoms with Crippen LogP contribution < -0.4 is 4.74 Å². The zero-order chi connectivity index (χ0) is 16.8. The van der Waals surface area contributed by atoms with E-state index >= 15 is 0 Å². The molecule has 0 N–H and O–H groups in total. The summed E-state index contributed by atoms with van der Waals surface area (Å²) in [5.74, 6) is 1.51. The lowest BCUT2D eigenvalue weighted by Crippen LogP contribution is -2.37. The summed E-state index contributed by atoms with van der Waals surface area (Å²) >= 11 is 0. The number of rotatable bonds is 7. The van der Waals surface area contributed by atoms with Crippen molar-refractivity contribution in [1.29, 1.82) is 0 Å². The van der Waals surface area contributed by atoms with Crippen LogP contribution in [0.3, 0.4) is 0 Å². The van der Waals surface area contributed by atoms with Crippen molar-refractivity contribution in [2.24, 2.45) is 5.92 Å². The molecule has 0 atom stereocenters. The van der Waals surface area contributed by atoms with E-state index in [2.05, 4.69) is 0 Å². The topological polar surface area (TPSA) is 44.8 Å². The molecule has 1 fully saturated rings. The average Bonchev–Trinajstić information content (AvgIpc) is 2.55. The molecule has 4 nitrogen and oxygen atoms in total. The van der Waals surface area contributed by atoms with E-state index in [1.165, 1.54) is 0 Å². The number of carbonyl (C=O) groups is 1. The Morgan fingerprint density at radius 1 is 1.04 bits per heavy atom. The lowest BCUT2D eigenvalue weighted by Gasteiger charge is -2.33. The summed E-state index contributed by atoms with van der Waals surface area (Å²) in [6, 6.07) is 17.6. The molecule has 0 spiro atoms. The molecular formula is C20H22O4. The Labute approximate surface area is 142 Å². The minimum Gasteiger partial charge on any atom is -0.466 e. The largest absolute Gasteiger partial charge is 0.466 e. The summed E-state index contributed by atoms with van der Waals surface area (Å²) in [5, 5.41) is 0. The minimum atomic E-state index is -0.101. The highest BCUT2D eigenvalue weighted by atomic mass is 16.5. The first kappa shape index (κ1) is 16.5. The Bertz CT molecular complexity index is 662. The Morgan fingerprint density at radius 2 is 1.79 bits per heavy atom. The van der Waals surface area contributed by atoms with Crippen LogP contribution in [0.25, 0.3) is 0 Å². The van der Waals surface area contributed by atoms with Crippen LogP contribution in [0.5, 0.6) is 11.5 Å². The van der Waals surface area contributed by atoms with Crippen molar-refractivity contribution in [1.82, 2.24) is 0 Å². The molecule has 2 aromatic carbocycles. The zero-order valence-electron chi connectivity index (χ0n) is 13.8. The average molecular weight is 326 g/mol. The second kappa shape index (κ2) is 7.97. The summed E-state index contributed by atoms with van der Waals surface area (Å²) in [5.41, 5.74) is 1.06. The van der Waals surface area contributed by atoms with Crippen LogP contribution >= 0.6 is 0 Å². The molecule has 1 aliphatic carbocycles. The van der Waals surface area contributed by atoms with Gasteiger partial charge in [0.2, 0.25) is 0 Å². The quantitative estimate of drug-likeness (QED) is 0.710. The van der Waals surface area contributed by atoms with Crippen LogP contribution in [-0.4, -0.2) is 18.7 Å². The number of esters is 1. The first-order valence-electron chi connectivity index (χ1n) is 8.34.